The first-order valence-electron chi connectivity index (χ1n) is 11.0. The second-order valence-electron chi connectivity index (χ2n) is 8.01. The van der Waals surface area contributed by atoms with Crippen molar-refractivity contribution in [1.82, 2.24) is 10.2 Å². The van der Waals surface area contributed by atoms with Crippen molar-refractivity contribution in [2.75, 3.05) is 36.4 Å². The molecule has 0 saturated carbocycles. The van der Waals surface area contributed by atoms with Crippen LogP contribution < -0.4 is 15.5 Å². The maximum atomic E-state index is 13.0. The number of anilines is 2. The Morgan fingerprint density at radius 1 is 0.788 bits per heavy atom. The number of hydrogen-bond acceptors (Lipinski definition) is 3. The number of amides is 3. The summed E-state index contributed by atoms with van der Waals surface area (Å²) >= 11 is 0. The summed E-state index contributed by atoms with van der Waals surface area (Å²) in [5, 5.41) is 5.69. The summed E-state index contributed by atoms with van der Waals surface area (Å²) in [6.45, 7) is 3.22. The van der Waals surface area contributed by atoms with Crippen LogP contribution in [-0.2, 0) is 17.8 Å². The van der Waals surface area contributed by atoms with Crippen LogP contribution >= 0.6 is 0 Å². The molecule has 6 nitrogen and oxygen atoms in total. The molecule has 2 N–H and O–H groups in total. The van der Waals surface area contributed by atoms with E-state index in [0.29, 0.717) is 19.6 Å². The summed E-state index contributed by atoms with van der Waals surface area (Å²) < 4.78 is 13.0. The Bertz CT molecular complexity index is 1060. The van der Waals surface area contributed by atoms with Gasteiger partial charge in [-0.1, -0.05) is 42.5 Å². The largest absolute Gasteiger partial charge is 0.368 e. The zero-order valence-electron chi connectivity index (χ0n) is 18.3. The van der Waals surface area contributed by atoms with Crippen molar-refractivity contribution < 1.29 is 14.0 Å². The topological polar surface area (TPSA) is 64.7 Å². The predicted octanol–water partition coefficient (Wildman–Crippen LogP) is 4.04. The lowest BCUT2D eigenvalue weighted by Gasteiger charge is -2.36. The van der Waals surface area contributed by atoms with E-state index in [1.54, 1.807) is 12.1 Å². The van der Waals surface area contributed by atoms with Gasteiger partial charge in [0.1, 0.15) is 5.82 Å². The predicted molar refractivity (Wildman–Crippen MR) is 128 cm³/mol. The molecule has 0 spiro atoms. The van der Waals surface area contributed by atoms with Gasteiger partial charge in [-0.25, -0.2) is 9.18 Å². The molecule has 3 amide bonds. The summed E-state index contributed by atoms with van der Waals surface area (Å²) in [5.74, 6) is -0.240. The number of rotatable bonds is 6. The normalized spacial score (nSPS) is 13.5. The van der Waals surface area contributed by atoms with E-state index in [1.807, 2.05) is 59.5 Å². The number of hydrogen-bond donors (Lipinski definition) is 2. The Balaban J connectivity index is 1.23. The van der Waals surface area contributed by atoms with Crippen LogP contribution in [0.4, 0.5) is 20.6 Å². The molecule has 0 aliphatic carbocycles. The van der Waals surface area contributed by atoms with E-state index in [-0.39, 0.29) is 24.2 Å². The molecule has 33 heavy (non-hydrogen) atoms. The van der Waals surface area contributed by atoms with Crippen LogP contribution in [-0.4, -0.2) is 43.0 Å². The maximum absolute atomic E-state index is 13.0. The minimum atomic E-state index is -0.297. The number of halogens is 1. The average Bonchev–Trinajstić information content (AvgIpc) is 2.85. The van der Waals surface area contributed by atoms with Gasteiger partial charge in [-0.3, -0.25) is 4.79 Å². The standard InChI is InChI=1S/C26H27FN4O2/c27-22-8-6-20(7-9-22)18-25(32)31-16-14-30(15-17-31)24-12-10-23(11-13-24)29-26(33)28-19-21-4-2-1-3-5-21/h1-13H,14-19H2,(H2,28,29,33). The molecule has 0 unspecified atom stereocenters. The molecule has 0 radical (unpaired) electrons. The molecule has 3 aromatic carbocycles. The SMILES string of the molecule is O=C(NCc1ccccc1)Nc1ccc(N2CCN(C(=O)Cc3ccc(F)cc3)CC2)cc1. The maximum Gasteiger partial charge on any atom is 0.319 e. The van der Waals surface area contributed by atoms with Crippen LogP contribution in [0, 0.1) is 5.82 Å². The quantitative estimate of drug-likeness (QED) is 0.601. The van der Waals surface area contributed by atoms with Crippen LogP contribution in [0.25, 0.3) is 0 Å². The number of carbonyl (C=O) groups is 2. The Hall–Kier alpha value is -3.87. The van der Waals surface area contributed by atoms with Crippen LogP contribution in [0.1, 0.15) is 11.1 Å². The molecule has 0 bridgehead atoms. The average molecular weight is 447 g/mol. The van der Waals surface area contributed by atoms with Gasteiger partial charge in [0.25, 0.3) is 0 Å². The van der Waals surface area contributed by atoms with Crippen molar-refractivity contribution >= 4 is 23.3 Å². The Morgan fingerprint density at radius 2 is 1.45 bits per heavy atom. The van der Waals surface area contributed by atoms with Gasteiger partial charge in [-0.15, -0.1) is 0 Å². The highest BCUT2D eigenvalue weighted by atomic mass is 19.1. The van der Waals surface area contributed by atoms with Gasteiger partial charge in [0.05, 0.1) is 6.42 Å². The van der Waals surface area contributed by atoms with Gasteiger partial charge in [0, 0.05) is 44.1 Å². The third kappa shape index (κ3) is 6.32. The molecule has 1 fully saturated rings. The second-order valence-corrected chi connectivity index (χ2v) is 8.01. The Morgan fingerprint density at radius 3 is 2.12 bits per heavy atom. The lowest BCUT2D eigenvalue weighted by molar-refractivity contribution is -0.130. The monoisotopic (exact) mass is 446 g/mol. The molecule has 0 aromatic heterocycles. The minimum Gasteiger partial charge on any atom is -0.368 e. The fourth-order valence-corrected chi connectivity index (χ4v) is 3.81. The molecule has 1 heterocycles. The first-order valence-corrected chi connectivity index (χ1v) is 11.0. The number of nitrogens with zero attached hydrogens (tertiary/aromatic N) is 2. The molecule has 1 aliphatic rings. The summed E-state index contributed by atoms with van der Waals surface area (Å²) in [6.07, 6.45) is 0.285. The molecule has 7 heteroatoms. The molecule has 0 atom stereocenters. The molecule has 3 aromatic rings. The Labute approximate surface area is 193 Å². The van der Waals surface area contributed by atoms with Gasteiger partial charge in [0.2, 0.25) is 5.91 Å². The van der Waals surface area contributed by atoms with Crippen molar-refractivity contribution in [3.63, 3.8) is 0 Å². The highest BCUT2D eigenvalue weighted by Gasteiger charge is 2.21. The summed E-state index contributed by atoms with van der Waals surface area (Å²) in [4.78, 5) is 28.8. The zero-order valence-corrected chi connectivity index (χ0v) is 18.3. The summed E-state index contributed by atoms with van der Waals surface area (Å²) in [7, 11) is 0. The number of urea groups is 1. The lowest BCUT2D eigenvalue weighted by Crippen LogP contribution is -2.49. The second kappa shape index (κ2) is 10.6. The smallest absolute Gasteiger partial charge is 0.319 e. The minimum absolute atomic E-state index is 0.0577. The van der Waals surface area contributed by atoms with Gasteiger partial charge < -0.3 is 20.4 Å². The molecule has 1 aliphatic heterocycles. The van der Waals surface area contributed by atoms with E-state index in [1.165, 1.54) is 12.1 Å². The van der Waals surface area contributed by atoms with Gasteiger partial charge >= 0.3 is 6.03 Å². The van der Waals surface area contributed by atoms with Crippen LogP contribution in [0.2, 0.25) is 0 Å². The Kier molecular flexibility index (Phi) is 7.19. The zero-order chi connectivity index (χ0) is 23.0. The van der Waals surface area contributed by atoms with E-state index >= 15 is 0 Å². The highest BCUT2D eigenvalue weighted by Crippen LogP contribution is 2.20. The number of piperazine rings is 1. The van der Waals surface area contributed by atoms with Crippen molar-refractivity contribution in [3.8, 4) is 0 Å². The molecule has 170 valence electrons. The van der Waals surface area contributed by atoms with Crippen molar-refractivity contribution in [2.24, 2.45) is 0 Å². The molecular weight excluding hydrogens is 419 g/mol. The number of nitrogens with one attached hydrogen (secondary N) is 2. The van der Waals surface area contributed by atoms with E-state index < -0.39 is 0 Å². The van der Waals surface area contributed by atoms with E-state index in [4.69, 9.17) is 0 Å². The summed E-state index contributed by atoms with van der Waals surface area (Å²) in [6, 6.07) is 23.3. The van der Waals surface area contributed by atoms with Gasteiger partial charge in [-0.05, 0) is 47.5 Å². The molecule has 4 rings (SSSR count). The first kappa shape index (κ1) is 22.3. The van der Waals surface area contributed by atoms with Crippen LogP contribution in [0.15, 0.2) is 78.9 Å². The summed E-state index contributed by atoms with van der Waals surface area (Å²) in [5.41, 5.74) is 3.63. The van der Waals surface area contributed by atoms with Crippen molar-refractivity contribution in [3.05, 3.63) is 95.8 Å². The lowest BCUT2D eigenvalue weighted by atomic mass is 10.1. The van der Waals surface area contributed by atoms with E-state index in [2.05, 4.69) is 15.5 Å². The fourth-order valence-electron chi connectivity index (χ4n) is 3.81. The van der Waals surface area contributed by atoms with Crippen LogP contribution in [0.3, 0.4) is 0 Å². The molecular formula is C26H27FN4O2. The van der Waals surface area contributed by atoms with Gasteiger partial charge in [0.15, 0.2) is 0 Å². The van der Waals surface area contributed by atoms with Gasteiger partial charge in [-0.2, -0.15) is 0 Å². The van der Waals surface area contributed by atoms with E-state index in [9.17, 15) is 14.0 Å². The van der Waals surface area contributed by atoms with E-state index in [0.717, 1.165) is 35.6 Å². The van der Waals surface area contributed by atoms with Crippen LogP contribution in [0.5, 0.6) is 0 Å². The third-order valence-corrected chi connectivity index (χ3v) is 5.69. The first-order chi connectivity index (χ1) is 16.1. The highest BCUT2D eigenvalue weighted by molar-refractivity contribution is 5.89. The number of benzene rings is 3. The third-order valence-electron chi connectivity index (χ3n) is 5.69. The fraction of sp³-hybridized carbons (Fsp3) is 0.231. The number of carbonyl (C=O) groups excluding carboxylic acids is 2. The molecule has 1 saturated heterocycles. The van der Waals surface area contributed by atoms with Crippen molar-refractivity contribution in [1.29, 1.82) is 0 Å². The van der Waals surface area contributed by atoms with Crippen molar-refractivity contribution in [2.45, 2.75) is 13.0 Å².